The van der Waals surface area contributed by atoms with Crippen LogP contribution in [0.5, 0.6) is 0 Å². The molecule has 1 heterocycles. The molecule has 1 aromatic heterocycles. The number of hydrogen-bond donors (Lipinski definition) is 0. The van der Waals surface area contributed by atoms with Gasteiger partial charge in [-0.25, -0.2) is 0 Å². The van der Waals surface area contributed by atoms with Crippen LogP contribution < -0.4 is 0 Å². The molecule has 2 aliphatic rings. The molecule has 2 saturated carbocycles. The summed E-state index contributed by atoms with van der Waals surface area (Å²) in [7, 11) is 0. The van der Waals surface area contributed by atoms with Crippen LogP contribution in [0.1, 0.15) is 65.2 Å². The summed E-state index contributed by atoms with van der Waals surface area (Å²) in [5, 5.41) is 8.42. The minimum Gasteiger partial charge on any atom is -0.425 e. The van der Waals surface area contributed by atoms with Gasteiger partial charge in [0.15, 0.2) is 0 Å². The fraction of sp³-hybridized carbons (Fsp3) is 0.882. The molecule has 3 heteroatoms. The van der Waals surface area contributed by atoms with Crippen LogP contribution in [0.15, 0.2) is 4.42 Å². The van der Waals surface area contributed by atoms with Crippen LogP contribution in [0, 0.1) is 36.5 Å². The van der Waals surface area contributed by atoms with E-state index in [1.807, 2.05) is 6.92 Å². The Hall–Kier alpha value is -0.860. The molecule has 2 aliphatic carbocycles. The summed E-state index contributed by atoms with van der Waals surface area (Å²) in [5.41, 5.74) is 0.178. The quantitative estimate of drug-likeness (QED) is 0.820. The molecule has 1 aromatic rings. The topological polar surface area (TPSA) is 38.9 Å². The van der Waals surface area contributed by atoms with E-state index < -0.39 is 0 Å². The molecule has 0 aromatic carbocycles. The Morgan fingerprint density at radius 2 is 1.90 bits per heavy atom. The number of hydrogen-bond acceptors (Lipinski definition) is 3. The van der Waals surface area contributed by atoms with E-state index in [0.29, 0.717) is 11.8 Å². The SMILES string of the molecule is Cc1nnc(C2(C(C)C)CC2C2CCC(C(C)C)C2)o1. The standard InChI is InChI=1S/C17H28N2O/c1-10(2)13-6-7-14(8-13)15-9-17(15,11(3)4)16-19-18-12(5)20-16/h10-11,13-15H,6-9H2,1-5H3. The second kappa shape index (κ2) is 4.85. The molecule has 4 unspecified atom stereocenters. The van der Waals surface area contributed by atoms with E-state index in [4.69, 9.17) is 4.42 Å². The first-order valence-corrected chi connectivity index (χ1v) is 8.25. The Labute approximate surface area is 122 Å². The van der Waals surface area contributed by atoms with Crippen LogP contribution in [0.3, 0.4) is 0 Å². The lowest BCUT2D eigenvalue weighted by atomic mass is 9.84. The van der Waals surface area contributed by atoms with Gasteiger partial charge in [-0.3, -0.25) is 0 Å². The summed E-state index contributed by atoms with van der Waals surface area (Å²) in [5.74, 6) is 5.60. The molecule has 0 N–H and O–H groups in total. The fourth-order valence-corrected chi connectivity index (χ4v) is 4.56. The van der Waals surface area contributed by atoms with Crippen molar-refractivity contribution in [1.29, 1.82) is 0 Å². The summed E-state index contributed by atoms with van der Waals surface area (Å²) in [6.07, 6.45) is 5.47. The normalized spacial score (nSPS) is 37.0. The van der Waals surface area contributed by atoms with E-state index in [-0.39, 0.29) is 5.41 Å². The second-order valence-corrected chi connectivity index (χ2v) is 7.71. The van der Waals surface area contributed by atoms with Crippen LogP contribution in [0.25, 0.3) is 0 Å². The minimum atomic E-state index is 0.178. The largest absolute Gasteiger partial charge is 0.425 e. The zero-order valence-electron chi connectivity index (χ0n) is 13.5. The summed E-state index contributed by atoms with van der Waals surface area (Å²) in [6.45, 7) is 11.3. The summed E-state index contributed by atoms with van der Waals surface area (Å²) < 4.78 is 5.81. The Bertz CT molecular complexity index is 479. The maximum Gasteiger partial charge on any atom is 0.223 e. The average molecular weight is 276 g/mol. The maximum absolute atomic E-state index is 5.81. The lowest BCUT2D eigenvalue weighted by Crippen LogP contribution is -2.21. The monoisotopic (exact) mass is 276 g/mol. The average Bonchev–Trinajstić information content (AvgIpc) is 2.75. The van der Waals surface area contributed by atoms with Crippen molar-refractivity contribution in [3.63, 3.8) is 0 Å². The van der Waals surface area contributed by atoms with Crippen LogP contribution in [-0.2, 0) is 5.41 Å². The van der Waals surface area contributed by atoms with Gasteiger partial charge < -0.3 is 4.42 Å². The van der Waals surface area contributed by atoms with Gasteiger partial charge >= 0.3 is 0 Å². The predicted octanol–water partition coefficient (Wildman–Crippen LogP) is 4.36. The van der Waals surface area contributed by atoms with Crippen molar-refractivity contribution in [2.45, 2.75) is 65.7 Å². The molecule has 0 spiro atoms. The molecular weight excluding hydrogens is 248 g/mol. The van der Waals surface area contributed by atoms with Crippen molar-refractivity contribution in [3.8, 4) is 0 Å². The van der Waals surface area contributed by atoms with E-state index in [2.05, 4.69) is 37.9 Å². The molecule has 0 radical (unpaired) electrons. The van der Waals surface area contributed by atoms with Gasteiger partial charge in [-0.1, -0.05) is 27.7 Å². The molecule has 4 atom stereocenters. The summed E-state index contributed by atoms with van der Waals surface area (Å²) in [4.78, 5) is 0. The van der Waals surface area contributed by atoms with Crippen molar-refractivity contribution >= 4 is 0 Å². The van der Waals surface area contributed by atoms with Crippen molar-refractivity contribution in [1.82, 2.24) is 10.2 Å². The molecule has 0 amide bonds. The van der Waals surface area contributed by atoms with Crippen LogP contribution in [0.2, 0.25) is 0 Å². The highest BCUT2D eigenvalue weighted by molar-refractivity contribution is 5.23. The van der Waals surface area contributed by atoms with Crippen molar-refractivity contribution in [2.24, 2.45) is 29.6 Å². The van der Waals surface area contributed by atoms with Crippen LogP contribution in [0.4, 0.5) is 0 Å². The van der Waals surface area contributed by atoms with Gasteiger partial charge in [-0.05, 0) is 55.3 Å². The minimum absolute atomic E-state index is 0.178. The zero-order valence-corrected chi connectivity index (χ0v) is 13.5. The third-order valence-electron chi connectivity index (χ3n) is 6.04. The highest BCUT2D eigenvalue weighted by atomic mass is 16.4. The zero-order chi connectivity index (χ0) is 14.5. The number of aryl methyl sites for hydroxylation is 1. The Kier molecular flexibility index (Phi) is 3.42. The molecule has 3 nitrogen and oxygen atoms in total. The first kappa shape index (κ1) is 14.1. The van der Waals surface area contributed by atoms with E-state index in [0.717, 1.165) is 29.6 Å². The van der Waals surface area contributed by atoms with Gasteiger partial charge in [-0.2, -0.15) is 0 Å². The number of aromatic nitrogens is 2. The predicted molar refractivity (Wildman–Crippen MR) is 79.3 cm³/mol. The molecule has 20 heavy (non-hydrogen) atoms. The molecule has 2 fully saturated rings. The summed E-state index contributed by atoms with van der Waals surface area (Å²) in [6, 6.07) is 0. The molecular formula is C17H28N2O. The van der Waals surface area contributed by atoms with Crippen molar-refractivity contribution < 1.29 is 4.42 Å². The highest BCUT2D eigenvalue weighted by Crippen LogP contribution is 2.64. The van der Waals surface area contributed by atoms with Gasteiger partial charge in [-0.15, -0.1) is 10.2 Å². The second-order valence-electron chi connectivity index (χ2n) is 7.71. The molecule has 0 saturated heterocycles. The number of rotatable bonds is 4. The van der Waals surface area contributed by atoms with Gasteiger partial charge in [0, 0.05) is 6.92 Å². The number of nitrogens with zero attached hydrogens (tertiary/aromatic N) is 2. The lowest BCUT2D eigenvalue weighted by molar-refractivity contribution is 0.289. The maximum atomic E-state index is 5.81. The van der Waals surface area contributed by atoms with Crippen molar-refractivity contribution in [3.05, 3.63) is 11.8 Å². The van der Waals surface area contributed by atoms with Gasteiger partial charge in [0.05, 0.1) is 5.41 Å². The molecule has 0 bridgehead atoms. The third-order valence-corrected chi connectivity index (χ3v) is 6.04. The van der Waals surface area contributed by atoms with Crippen LogP contribution in [-0.4, -0.2) is 10.2 Å². The van der Waals surface area contributed by atoms with E-state index in [9.17, 15) is 0 Å². The van der Waals surface area contributed by atoms with Gasteiger partial charge in [0.1, 0.15) is 0 Å². The molecule has 3 rings (SSSR count). The van der Waals surface area contributed by atoms with Crippen molar-refractivity contribution in [2.75, 3.05) is 0 Å². The molecule has 112 valence electrons. The highest BCUT2D eigenvalue weighted by Gasteiger charge is 2.63. The first-order chi connectivity index (χ1) is 9.45. The fourth-order valence-electron chi connectivity index (χ4n) is 4.56. The smallest absolute Gasteiger partial charge is 0.223 e. The third kappa shape index (κ3) is 2.10. The van der Waals surface area contributed by atoms with Gasteiger partial charge in [0.25, 0.3) is 0 Å². The Morgan fingerprint density at radius 3 is 2.40 bits per heavy atom. The van der Waals surface area contributed by atoms with Crippen LogP contribution >= 0.6 is 0 Å². The molecule has 0 aliphatic heterocycles. The lowest BCUT2D eigenvalue weighted by Gasteiger charge is -2.21. The van der Waals surface area contributed by atoms with E-state index in [1.54, 1.807) is 0 Å². The Balaban J connectivity index is 1.77. The van der Waals surface area contributed by atoms with E-state index >= 15 is 0 Å². The summed E-state index contributed by atoms with van der Waals surface area (Å²) >= 11 is 0. The van der Waals surface area contributed by atoms with Gasteiger partial charge in [0.2, 0.25) is 11.8 Å². The van der Waals surface area contributed by atoms with E-state index in [1.165, 1.54) is 25.7 Å². The Morgan fingerprint density at radius 1 is 1.15 bits per heavy atom. The first-order valence-electron chi connectivity index (χ1n) is 8.25.